The molecule has 0 fully saturated rings. The summed E-state index contributed by atoms with van der Waals surface area (Å²) in [5.74, 6) is -0.0670. The van der Waals surface area contributed by atoms with Gasteiger partial charge in [-0.1, -0.05) is 49.4 Å². The van der Waals surface area contributed by atoms with Gasteiger partial charge in [0, 0.05) is 6.08 Å². The average Bonchev–Trinajstić information content (AvgIpc) is 2.79. The van der Waals surface area contributed by atoms with E-state index in [0.717, 1.165) is 11.1 Å². The van der Waals surface area contributed by atoms with Crippen molar-refractivity contribution in [1.29, 1.82) is 0 Å². The summed E-state index contributed by atoms with van der Waals surface area (Å²) < 4.78 is 29.7. The molecule has 0 radical (unpaired) electrons. The lowest BCUT2D eigenvalue weighted by atomic mass is 10.2. The number of anilines is 1. The molecule has 0 saturated carbocycles. The maximum Gasteiger partial charge on any atom is 0.248 e. The number of benzene rings is 3. The van der Waals surface area contributed by atoms with Crippen molar-refractivity contribution in [2.24, 2.45) is 0 Å². The SMILES string of the molecule is CCS(=O)(=O)c1ccc(O)c(NC(=O)/C=C/c2ccc(OCc3ccccc3)cc2)c1. The zero-order chi connectivity index (χ0) is 22.3. The van der Waals surface area contributed by atoms with E-state index in [9.17, 15) is 18.3 Å². The number of hydrogen-bond acceptors (Lipinski definition) is 5. The van der Waals surface area contributed by atoms with Crippen LogP contribution in [0.5, 0.6) is 11.5 Å². The first-order chi connectivity index (χ1) is 14.9. The maximum atomic E-state index is 12.2. The van der Waals surface area contributed by atoms with Gasteiger partial charge in [-0.15, -0.1) is 0 Å². The van der Waals surface area contributed by atoms with Gasteiger partial charge in [-0.05, 0) is 47.5 Å². The highest BCUT2D eigenvalue weighted by Crippen LogP contribution is 2.27. The third-order valence-corrected chi connectivity index (χ3v) is 6.25. The Bertz CT molecular complexity index is 1170. The predicted octanol–water partition coefficient (Wildman–Crippen LogP) is 4.42. The molecule has 3 aromatic carbocycles. The van der Waals surface area contributed by atoms with E-state index in [1.54, 1.807) is 6.08 Å². The van der Waals surface area contributed by atoms with Crippen molar-refractivity contribution in [3.8, 4) is 11.5 Å². The van der Waals surface area contributed by atoms with Crippen LogP contribution in [0.15, 0.2) is 83.8 Å². The molecule has 0 aromatic heterocycles. The van der Waals surface area contributed by atoms with Crippen molar-refractivity contribution in [3.63, 3.8) is 0 Å². The molecule has 0 heterocycles. The Morgan fingerprint density at radius 3 is 2.42 bits per heavy atom. The van der Waals surface area contributed by atoms with E-state index >= 15 is 0 Å². The topological polar surface area (TPSA) is 92.7 Å². The van der Waals surface area contributed by atoms with Crippen molar-refractivity contribution in [1.82, 2.24) is 0 Å². The molecule has 0 saturated heterocycles. The second kappa shape index (κ2) is 9.95. The Labute approximate surface area is 181 Å². The fourth-order valence-electron chi connectivity index (χ4n) is 2.74. The highest BCUT2D eigenvalue weighted by atomic mass is 32.2. The number of carbonyl (C=O) groups is 1. The van der Waals surface area contributed by atoms with Gasteiger partial charge < -0.3 is 15.2 Å². The number of carbonyl (C=O) groups excluding carboxylic acids is 1. The number of ether oxygens (including phenoxy) is 1. The lowest BCUT2D eigenvalue weighted by molar-refractivity contribution is -0.111. The van der Waals surface area contributed by atoms with Crippen LogP contribution in [-0.4, -0.2) is 25.2 Å². The number of sulfone groups is 1. The largest absolute Gasteiger partial charge is 0.506 e. The van der Waals surface area contributed by atoms with Crippen molar-refractivity contribution >= 4 is 27.5 Å². The van der Waals surface area contributed by atoms with Crippen molar-refractivity contribution in [2.45, 2.75) is 18.4 Å². The molecule has 2 N–H and O–H groups in total. The zero-order valence-electron chi connectivity index (χ0n) is 17.0. The van der Waals surface area contributed by atoms with E-state index in [0.29, 0.717) is 12.4 Å². The predicted molar refractivity (Wildman–Crippen MR) is 121 cm³/mol. The fourth-order valence-corrected chi connectivity index (χ4v) is 3.64. The summed E-state index contributed by atoms with van der Waals surface area (Å²) in [5.41, 5.74) is 1.89. The summed E-state index contributed by atoms with van der Waals surface area (Å²) in [4.78, 5) is 12.3. The first kappa shape index (κ1) is 22.1. The van der Waals surface area contributed by atoms with Crippen LogP contribution in [0.4, 0.5) is 5.69 Å². The van der Waals surface area contributed by atoms with E-state index < -0.39 is 15.7 Å². The molecule has 6 nitrogen and oxygen atoms in total. The Morgan fingerprint density at radius 2 is 1.74 bits per heavy atom. The second-order valence-electron chi connectivity index (χ2n) is 6.75. The van der Waals surface area contributed by atoms with Crippen LogP contribution in [0.1, 0.15) is 18.1 Å². The monoisotopic (exact) mass is 437 g/mol. The quantitative estimate of drug-likeness (QED) is 0.402. The third kappa shape index (κ3) is 6.20. The van der Waals surface area contributed by atoms with Crippen LogP contribution in [0.25, 0.3) is 6.08 Å². The summed E-state index contributed by atoms with van der Waals surface area (Å²) in [7, 11) is -3.45. The molecule has 7 heteroatoms. The maximum absolute atomic E-state index is 12.2. The minimum Gasteiger partial charge on any atom is -0.506 e. The zero-order valence-corrected chi connectivity index (χ0v) is 17.8. The summed E-state index contributed by atoms with van der Waals surface area (Å²) in [6, 6.07) is 20.9. The molecule has 0 atom stereocenters. The van der Waals surface area contributed by atoms with Crippen LogP contribution in [0.3, 0.4) is 0 Å². The van der Waals surface area contributed by atoms with Crippen LogP contribution >= 0.6 is 0 Å². The number of phenolic OH excluding ortho intramolecular Hbond substituents is 1. The Balaban J connectivity index is 1.60. The summed E-state index contributed by atoms with van der Waals surface area (Å²) in [6.45, 7) is 2.00. The molecule has 0 aliphatic carbocycles. The van der Waals surface area contributed by atoms with Crippen molar-refractivity contribution in [2.75, 3.05) is 11.1 Å². The highest BCUT2D eigenvalue weighted by molar-refractivity contribution is 7.91. The minimum atomic E-state index is -3.45. The normalized spacial score (nSPS) is 11.4. The number of amides is 1. The summed E-state index contributed by atoms with van der Waals surface area (Å²) >= 11 is 0. The molecule has 3 rings (SSSR count). The van der Waals surface area contributed by atoms with E-state index in [1.165, 1.54) is 31.2 Å². The summed E-state index contributed by atoms with van der Waals surface area (Å²) in [5, 5.41) is 12.4. The highest BCUT2D eigenvalue weighted by Gasteiger charge is 2.14. The van der Waals surface area contributed by atoms with Crippen LogP contribution < -0.4 is 10.1 Å². The molecular formula is C24H23NO5S. The Morgan fingerprint density at radius 1 is 1.03 bits per heavy atom. The van der Waals surface area contributed by atoms with E-state index in [2.05, 4.69) is 5.32 Å². The van der Waals surface area contributed by atoms with Crippen LogP contribution in [0, 0.1) is 0 Å². The number of nitrogens with one attached hydrogen (secondary N) is 1. The van der Waals surface area contributed by atoms with E-state index in [-0.39, 0.29) is 22.1 Å². The lowest BCUT2D eigenvalue weighted by Crippen LogP contribution is -2.10. The van der Waals surface area contributed by atoms with Gasteiger partial charge in [-0.25, -0.2) is 8.42 Å². The molecule has 31 heavy (non-hydrogen) atoms. The van der Waals surface area contributed by atoms with E-state index in [1.807, 2.05) is 54.6 Å². The number of hydrogen-bond donors (Lipinski definition) is 2. The number of aromatic hydroxyl groups is 1. The molecule has 0 unspecified atom stereocenters. The molecule has 0 bridgehead atoms. The van der Waals surface area contributed by atoms with Crippen LogP contribution in [-0.2, 0) is 21.2 Å². The smallest absolute Gasteiger partial charge is 0.248 e. The number of rotatable bonds is 8. The third-order valence-electron chi connectivity index (χ3n) is 4.52. The van der Waals surface area contributed by atoms with Gasteiger partial charge in [0.15, 0.2) is 9.84 Å². The average molecular weight is 438 g/mol. The Hall–Kier alpha value is -3.58. The molecule has 0 aliphatic heterocycles. The summed E-state index contributed by atoms with van der Waals surface area (Å²) in [6.07, 6.45) is 2.92. The molecule has 0 spiro atoms. The molecule has 3 aromatic rings. The van der Waals surface area contributed by atoms with Crippen molar-refractivity contribution in [3.05, 3.63) is 90.0 Å². The van der Waals surface area contributed by atoms with Gasteiger partial charge in [0.2, 0.25) is 5.91 Å². The van der Waals surface area contributed by atoms with Gasteiger partial charge in [0.1, 0.15) is 18.1 Å². The number of phenols is 1. The molecular weight excluding hydrogens is 414 g/mol. The first-order valence-electron chi connectivity index (χ1n) is 9.69. The molecule has 1 amide bonds. The lowest BCUT2D eigenvalue weighted by Gasteiger charge is -2.08. The Kier molecular flexibility index (Phi) is 7.10. The fraction of sp³-hybridized carbons (Fsp3) is 0.125. The van der Waals surface area contributed by atoms with Gasteiger partial charge in [0.25, 0.3) is 0 Å². The van der Waals surface area contributed by atoms with Gasteiger partial charge in [-0.3, -0.25) is 4.79 Å². The molecule has 160 valence electrons. The van der Waals surface area contributed by atoms with E-state index in [4.69, 9.17) is 4.74 Å². The first-order valence-corrected chi connectivity index (χ1v) is 11.3. The van der Waals surface area contributed by atoms with Gasteiger partial charge in [0.05, 0.1) is 16.3 Å². The van der Waals surface area contributed by atoms with Crippen LogP contribution in [0.2, 0.25) is 0 Å². The van der Waals surface area contributed by atoms with Gasteiger partial charge >= 0.3 is 0 Å². The van der Waals surface area contributed by atoms with Crippen molar-refractivity contribution < 1.29 is 23.1 Å². The second-order valence-corrected chi connectivity index (χ2v) is 9.03. The van der Waals surface area contributed by atoms with Gasteiger partial charge in [-0.2, -0.15) is 0 Å². The minimum absolute atomic E-state index is 0.0360. The molecule has 0 aliphatic rings. The standard InChI is InChI=1S/C24H23NO5S/c1-2-31(28,29)21-13-14-23(26)22(16-21)25-24(27)15-10-18-8-11-20(12-9-18)30-17-19-6-4-3-5-7-19/h3-16,26H,2,17H2,1H3,(H,25,27)/b15-10+.